The van der Waals surface area contributed by atoms with Crippen molar-refractivity contribution in [2.45, 2.75) is 12.8 Å². The molecule has 0 atom stereocenters. The van der Waals surface area contributed by atoms with Gasteiger partial charge in [0.1, 0.15) is 6.29 Å². The van der Waals surface area contributed by atoms with Crippen molar-refractivity contribution < 1.29 is 14.7 Å². The van der Waals surface area contributed by atoms with E-state index >= 15 is 0 Å². The minimum Gasteiger partial charge on any atom is -0.481 e. The summed E-state index contributed by atoms with van der Waals surface area (Å²) in [6, 6.07) is 0. The molecular weight excluding hydrogens is 120 g/mol. The Bertz CT molecular complexity index is 81.4. The molecule has 0 aliphatic carbocycles. The Balaban J connectivity index is 0. The zero-order valence-corrected chi connectivity index (χ0v) is 3.76. The van der Waals surface area contributed by atoms with Crippen LogP contribution in [0.25, 0.3) is 0 Å². The van der Waals surface area contributed by atoms with Crippen LogP contribution in [-0.2, 0) is 9.59 Å². The third-order valence-corrected chi connectivity index (χ3v) is 0.476. The van der Waals surface area contributed by atoms with E-state index in [0.29, 0.717) is 6.29 Å². The first-order valence-electron chi connectivity index (χ1n) is 1.93. The van der Waals surface area contributed by atoms with Gasteiger partial charge in [-0.05, 0) is 0 Å². The molecule has 0 aliphatic heterocycles. The Labute approximate surface area is 63.2 Å². The first-order valence-corrected chi connectivity index (χ1v) is 1.93. The van der Waals surface area contributed by atoms with Gasteiger partial charge in [-0.15, -0.1) is 0 Å². The fourth-order valence-electron chi connectivity index (χ4n) is 0.182. The number of hydrogen-bond acceptors (Lipinski definition) is 2. The molecule has 0 saturated heterocycles. The molecule has 0 rings (SSSR count). The lowest BCUT2D eigenvalue weighted by atomic mass is 10.3. The quantitative estimate of drug-likeness (QED) is 0.397. The van der Waals surface area contributed by atoms with Crippen molar-refractivity contribution >= 4 is 35.3 Å². The first-order chi connectivity index (χ1) is 3.27. The number of carboxylic acid groups (broad SMARTS) is 1. The number of rotatable bonds is 3. The van der Waals surface area contributed by atoms with E-state index in [0.717, 1.165) is 0 Å². The number of carbonyl (C=O) groups excluding carboxylic acids is 1. The summed E-state index contributed by atoms with van der Waals surface area (Å²) in [6.45, 7) is 0. The number of aldehydes is 1. The van der Waals surface area contributed by atoms with Crippen LogP contribution in [0.5, 0.6) is 0 Å². The molecule has 8 heavy (non-hydrogen) atoms. The Kier molecular flexibility index (Phi) is 9.33. The van der Waals surface area contributed by atoms with E-state index in [1.165, 1.54) is 0 Å². The zero-order chi connectivity index (χ0) is 5.70. The smallest absolute Gasteiger partial charge is 0.316 e. The highest BCUT2D eigenvalue weighted by molar-refractivity contribution is 5.75. The van der Waals surface area contributed by atoms with Crippen LogP contribution in [0.15, 0.2) is 0 Å². The first kappa shape index (κ1) is 10.8. The Morgan fingerprint density at radius 2 is 2.12 bits per heavy atom. The Hall–Kier alpha value is -0.0938. The Morgan fingerprint density at radius 1 is 1.62 bits per heavy atom. The van der Waals surface area contributed by atoms with Crippen LogP contribution in [0.3, 0.4) is 0 Å². The fraction of sp³-hybridized carbons (Fsp3) is 0.500. The van der Waals surface area contributed by atoms with E-state index in [2.05, 4.69) is 0 Å². The predicted octanol–water partition coefficient (Wildman–Crippen LogP) is -0.866. The average molecular weight is 128 g/mol. The van der Waals surface area contributed by atoms with Gasteiger partial charge in [-0.2, -0.15) is 0 Å². The minimum atomic E-state index is -0.924. The van der Waals surface area contributed by atoms with Crippen LogP contribution in [-0.4, -0.2) is 40.4 Å². The SMILES string of the molecule is O=CCCC(=O)O.[MgH2]. The van der Waals surface area contributed by atoms with Crippen molar-refractivity contribution in [1.29, 1.82) is 0 Å². The van der Waals surface area contributed by atoms with E-state index in [4.69, 9.17) is 5.11 Å². The van der Waals surface area contributed by atoms with Crippen molar-refractivity contribution in [1.82, 2.24) is 0 Å². The summed E-state index contributed by atoms with van der Waals surface area (Å²) < 4.78 is 0. The van der Waals surface area contributed by atoms with E-state index in [-0.39, 0.29) is 35.9 Å². The summed E-state index contributed by atoms with van der Waals surface area (Å²) in [4.78, 5) is 19.0. The topological polar surface area (TPSA) is 54.4 Å². The molecule has 0 aromatic heterocycles. The van der Waals surface area contributed by atoms with Crippen LogP contribution >= 0.6 is 0 Å². The lowest BCUT2D eigenvalue weighted by Gasteiger charge is -1.79. The van der Waals surface area contributed by atoms with Crippen LogP contribution < -0.4 is 0 Å². The van der Waals surface area contributed by atoms with Crippen LogP contribution in [0.4, 0.5) is 0 Å². The van der Waals surface area contributed by atoms with Crippen molar-refractivity contribution in [3.8, 4) is 0 Å². The summed E-state index contributed by atoms with van der Waals surface area (Å²) >= 11 is 0. The van der Waals surface area contributed by atoms with Crippen LogP contribution in [0, 0.1) is 0 Å². The highest BCUT2D eigenvalue weighted by Gasteiger charge is 1.91. The Morgan fingerprint density at radius 3 is 2.25 bits per heavy atom. The maximum Gasteiger partial charge on any atom is 0.316 e. The summed E-state index contributed by atoms with van der Waals surface area (Å²) in [7, 11) is 0. The van der Waals surface area contributed by atoms with Gasteiger partial charge in [-0.1, -0.05) is 0 Å². The van der Waals surface area contributed by atoms with Crippen molar-refractivity contribution in [3.63, 3.8) is 0 Å². The van der Waals surface area contributed by atoms with Gasteiger partial charge in [0.05, 0.1) is 6.42 Å². The van der Waals surface area contributed by atoms with E-state index < -0.39 is 5.97 Å². The van der Waals surface area contributed by atoms with Crippen molar-refractivity contribution in [2.75, 3.05) is 0 Å². The molecule has 0 fully saturated rings. The normalized spacial score (nSPS) is 7.00. The molecule has 0 spiro atoms. The fourth-order valence-corrected chi connectivity index (χ4v) is 0.182. The lowest BCUT2D eigenvalue weighted by Crippen LogP contribution is -1.93. The number of carbonyl (C=O) groups is 2. The molecule has 0 aromatic rings. The molecule has 1 N–H and O–H groups in total. The second-order valence-corrected chi connectivity index (χ2v) is 1.10. The summed E-state index contributed by atoms with van der Waals surface area (Å²) in [5, 5.41) is 7.89. The molecule has 0 saturated carbocycles. The highest BCUT2D eigenvalue weighted by atomic mass is 24.3. The molecule has 4 heteroatoms. The zero-order valence-electron chi connectivity index (χ0n) is 3.76. The van der Waals surface area contributed by atoms with Crippen molar-refractivity contribution in [2.24, 2.45) is 0 Å². The summed E-state index contributed by atoms with van der Waals surface area (Å²) in [5.74, 6) is -0.924. The molecule has 0 unspecified atom stereocenters. The highest BCUT2D eigenvalue weighted by Crippen LogP contribution is 1.80. The third-order valence-electron chi connectivity index (χ3n) is 0.476. The van der Waals surface area contributed by atoms with Gasteiger partial charge < -0.3 is 9.90 Å². The van der Waals surface area contributed by atoms with Gasteiger partial charge in [-0.3, -0.25) is 4.79 Å². The average Bonchev–Trinajstić information content (AvgIpc) is 1.61. The van der Waals surface area contributed by atoms with Gasteiger partial charge in [0, 0.05) is 6.42 Å². The van der Waals surface area contributed by atoms with Gasteiger partial charge in [0.15, 0.2) is 0 Å². The maximum atomic E-state index is 9.60. The van der Waals surface area contributed by atoms with Gasteiger partial charge in [0.25, 0.3) is 0 Å². The standard InChI is InChI=1S/C4H6O3.Mg.2H/c5-3-1-2-4(6)7;;;/h3H,1-2H2,(H,6,7);;;. The van der Waals surface area contributed by atoms with Gasteiger partial charge in [0.2, 0.25) is 0 Å². The van der Waals surface area contributed by atoms with E-state index in [1.807, 2.05) is 0 Å². The summed E-state index contributed by atoms with van der Waals surface area (Å²) in [5.41, 5.74) is 0. The number of aliphatic carboxylic acids is 1. The molecule has 0 heterocycles. The van der Waals surface area contributed by atoms with Crippen molar-refractivity contribution in [3.05, 3.63) is 0 Å². The lowest BCUT2D eigenvalue weighted by molar-refractivity contribution is -0.137. The predicted molar refractivity (Wildman–Crippen MR) is 31.5 cm³/mol. The molecule has 0 bridgehead atoms. The maximum absolute atomic E-state index is 9.60. The second-order valence-electron chi connectivity index (χ2n) is 1.10. The summed E-state index contributed by atoms with van der Waals surface area (Å²) in [6.07, 6.45) is 0.660. The monoisotopic (exact) mass is 128 g/mol. The van der Waals surface area contributed by atoms with E-state index in [1.54, 1.807) is 0 Å². The minimum absolute atomic E-state index is 0. The largest absolute Gasteiger partial charge is 0.481 e. The van der Waals surface area contributed by atoms with Crippen LogP contribution in [0.2, 0.25) is 0 Å². The molecule has 44 valence electrons. The molecule has 0 aromatic carbocycles. The molecule has 3 nitrogen and oxygen atoms in total. The molecule has 0 amide bonds. The molecule has 0 aliphatic rings. The van der Waals surface area contributed by atoms with Gasteiger partial charge in [-0.25, -0.2) is 0 Å². The van der Waals surface area contributed by atoms with Crippen LogP contribution in [0.1, 0.15) is 12.8 Å². The third kappa shape index (κ3) is 9.32. The number of hydrogen-bond donors (Lipinski definition) is 1. The molecule has 0 radical (unpaired) electrons. The number of carboxylic acids is 1. The van der Waals surface area contributed by atoms with E-state index in [9.17, 15) is 9.59 Å². The molecular formula is C4H8MgO3. The second kappa shape index (κ2) is 6.91. The van der Waals surface area contributed by atoms with Gasteiger partial charge >= 0.3 is 29.0 Å².